The number of rotatable bonds is 6. The number of amides is 1. The van der Waals surface area contributed by atoms with Crippen molar-refractivity contribution in [2.75, 3.05) is 13.1 Å². The van der Waals surface area contributed by atoms with Gasteiger partial charge in [-0.05, 0) is 73.5 Å². The summed E-state index contributed by atoms with van der Waals surface area (Å²) in [6.07, 6.45) is 6.69. The molecule has 1 aromatic heterocycles. The van der Waals surface area contributed by atoms with Gasteiger partial charge in [-0.1, -0.05) is 0 Å². The van der Waals surface area contributed by atoms with Gasteiger partial charge in [0.25, 0.3) is 0 Å². The molecule has 0 radical (unpaired) electrons. The van der Waals surface area contributed by atoms with Crippen molar-refractivity contribution in [2.45, 2.75) is 51.1 Å². The Morgan fingerprint density at radius 1 is 1.30 bits per heavy atom. The van der Waals surface area contributed by atoms with Gasteiger partial charge in [-0.25, -0.2) is 0 Å². The second-order valence-corrected chi connectivity index (χ2v) is 6.90. The van der Waals surface area contributed by atoms with E-state index in [0.29, 0.717) is 11.9 Å². The van der Waals surface area contributed by atoms with E-state index in [-0.39, 0.29) is 0 Å². The molecule has 3 rings (SSSR count). The number of carbonyl (C=O) groups is 1. The summed E-state index contributed by atoms with van der Waals surface area (Å²) in [5, 5.41) is 7.65. The summed E-state index contributed by atoms with van der Waals surface area (Å²) in [5.41, 5.74) is 1.29. The molecule has 1 saturated carbocycles. The van der Waals surface area contributed by atoms with Gasteiger partial charge in [0.15, 0.2) is 0 Å². The average Bonchev–Trinajstić information content (AvgIpc) is 3.20. The van der Waals surface area contributed by atoms with E-state index in [1.165, 1.54) is 31.2 Å². The Morgan fingerprint density at radius 2 is 2.10 bits per heavy atom. The van der Waals surface area contributed by atoms with Crippen molar-refractivity contribution < 1.29 is 4.79 Å². The number of hydrogen-bond donors (Lipinski definition) is 1. The zero-order valence-electron chi connectivity index (χ0n) is 12.0. The number of carbonyl (C=O) groups excluding carboxylic acids is 1. The number of piperidine rings is 1. The predicted octanol–water partition coefficient (Wildman–Crippen LogP) is 3.02. The van der Waals surface area contributed by atoms with Crippen LogP contribution in [-0.2, 0) is 11.3 Å². The lowest BCUT2D eigenvalue weighted by atomic mass is 9.93. The van der Waals surface area contributed by atoms with Gasteiger partial charge in [-0.2, -0.15) is 11.3 Å². The second kappa shape index (κ2) is 6.72. The van der Waals surface area contributed by atoms with Gasteiger partial charge >= 0.3 is 0 Å². The van der Waals surface area contributed by atoms with E-state index in [0.717, 1.165) is 38.4 Å². The molecule has 2 fully saturated rings. The van der Waals surface area contributed by atoms with Crippen LogP contribution < -0.4 is 5.32 Å². The highest BCUT2D eigenvalue weighted by Gasteiger charge is 2.32. The Morgan fingerprint density at radius 3 is 2.75 bits per heavy atom. The molecule has 0 aromatic carbocycles. The topological polar surface area (TPSA) is 32.3 Å². The largest absolute Gasteiger partial charge is 0.335 e. The van der Waals surface area contributed by atoms with E-state index in [1.54, 1.807) is 11.3 Å². The second-order valence-electron chi connectivity index (χ2n) is 6.12. The summed E-state index contributed by atoms with van der Waals surface area (Å²) >= 11 is 1.72. The first-order valence-corrected chi connectivity index (χ1v) is 8.78. The summed E-state index contributed by atoms with van der Waals surface area (Å²) < 4.78 is 0. The monoisotopic (exact) mass is 292 g/mol. The number of nitrogens with one attached hydrogen (secondary N) is 1. The molecule has 1 amide bonds. The van der Waals surface area contributed by atoms with Crippen LogP contribution in [-0.4, -0.2) is 29.9 Å². The molecule has 0 spiro atoms. The normalized spacial score (nSPS) is 20.0. The zero-order valence-corrected chi connectivity index (χ0v) is 12.8. The van der Waals surface area contributed by atoms with E-state index in [9.17, 15) is 4.79 Å². The Balaban J connectivity index is 1.50. The average molecular weight is 292 g/mol. The Labute approximate surface area is 125 Å². The standard InChI is InChI=1S/C16H24N2OS/c19-16(4-1-13-5-8-17-9-6-13)18(15-2-3-15)11-14-7-10-20-12-14/h7,10,12-13,15,17H,1-6,8-9,11H2. The first kappa shape index (κ1) is 14.1. The quantitative estimate of drug-likeness (QED) is 0.874. The summed E-state index contributed by atoms with van der Waals surface area (Å²) in [6.45, 7) is 3.07. The maximum Gasteiger partial charge on any atom is 0.223 e. The molecule has 3 nitrogen and oxygen atoms in total. The third kappa shape index (κ3) is 3.83. The molecule has 2 heterocycles. The first-order chi connectivity index (χ1) is 9.83. The minimum absolute atomic E-state index is 0.372. The minimum Gasteiger partial charge on any atom is -0.335 e. The van der Waals surface area contributed by atoms with Gasteiger partial charge in [-0.3, -0.25) is 4.79 Å². The highest BCUT2D eigenvalue weighted by Crippen LogP contribution is 2.30. The smallest absolute Gasteiger partial charge is 0.223 e. The fourth-order valence-electron chi connectivity index (χ4n) is 3.03. The van der Waals surface area contributed by atoms with Gasteiger partial charge in [0.1, 0.15) is 0 Å². The molecule has 0 unspecified atom stereocenters. The van der Waals surface area contributed by atoms with Crippen molar-refractivity contribution in [1.82, 2.24) is 10.2 Å². The van der Waals surface area contributed by atoms with Crippen LogP contribution in [0.3, 0.4) is 0 Å². The fraction of sp³-hybridized carbons (Fsp3) is 0.688. The van der Waals surface area contributed by atoms with E-state index in [2.05, 4.69) is 27.0 Å². The zero-order chi connectivity index (χ0) is 13.8. The van der Waals surface area contributed by atoms with E-state index in [4.69, 9.17) is 0 Å². The fourth-order valence-corrected chi connectivity index (χ4v) is 3.69. The molecule has 1 N–H and O–H groups in total. The Kier molecular flexibility index (Phi) is 4.73. The predicted molar refractivity (Wildman–Crippen MR) is 82.7 cm³/mol. The van der Waals surface area contributed by atoms with Crippen molar-refractivity contribution in [2.24, 2.45) is 5.92 Å². The maximum absolute atomic E-state index is 12.5. The first-order valence-electron chi connectivity index (χ1n) is 7.84. The van der Waals surface area contributed by atoms with E-state index < -0.39 is 0 Å². The molecular weight excluding hydrogens is 268 g/mol. The SMILES string of the molecule is O=C(CCC1CCNCC1)N(Cc1ccsc1)C1CC1. The summed E-state index contributed by atoms with van der Waals surface area (Å²) in [4.78, 5) is 14.6. The molecule has 4 heteroatoms. The molecule has 20 heavy (non-hydrogen) atoms. The third-order valence-electron chi connectivity index (χ3n) is 4.47. The summed E-state index contributed by atoms with van der Waals surface area (Å²) in [6, 6.07) is 2.66. The molecule has 110 valence electrons. The van der Waals surface area contributed by atoms with Crippen molar-refractivity contribution in [3.63, 3.8) is 0 Å². The number of hydrogen-bond acceptors (Lipinski definition) is 3. The number of nitrogens with zero attached hydrogens (tertiary/aromatic N) is 1. The van der Waals surface area contributed by atoms with Gasteiger partial charge in [0.05, 0.1) is 0 Å². The lowest BCUT2D eigenvalue weighted by Gasteiger charge is -2.25. The van der Waals surface area contributed by atoms with Crippen molar-refractivity contribution in [1.29, 1.82) is 0 Å². The highest BCUT2D eigenvalue weighted by atomic mass is 32.1. The van der Waals surface area contributed by atoms with Crippen LogP contribution in [0.25, 0.3) is 0 Å². The van der Waals surface area contributed by atoms with Gasteiger partial charge < -0.3 is 10.2 Å². The van der Waals surface area contributed by atoms with Gasteiger partial charge in [-0.15, -0.1) is 0 Å². The molecule has 1 saturated heterocycles. The molecule has 1 aliphatic carbocycles. The Hall–Kier alpha value is -0.870. The molecule has 1 aromatic rings. The highest BCUT2D eigenvalue weighted by molar-refractivity contribution is 7.07. The summed E-state index contributed by atoms with van der Waals surface area (Å²) in [5.74, 6) is 1.12. The van der Waals surface area contributed by atoms with Crippen molar-refractivity contribution in [3.05, 3.63) is 22.4 Å². The van der Waals surface area contributed by atoms with Crippen LogP contribution >= 0.6 is 11.3 Å². The lowest BCUT2D eigenvalue weighted by molar-refractivity contribution is -0.132. The van der Waals surface area contributed by atoms with Crippen molar-refractivity contribution >= 4 is 17.2 Å². The van der Waals surface area contributed by atoms with Crippen LogP contribution in [0.4, 0.5) is 0 Å². The van der Waals surface area contributed by atoms with Crippen LogP contribution in [0.15, 0.2) is 16.8 Å². The summed E-state index contributed by atoms with van der Waals surface area (Å²) in [7, 11) is 0. The van der Waals surface area contributed by atoms with Gasteiger partial charge in [0, 0.05) is 19.0 Å². The Bertz CT molecular complexity index is 422. The van der Waals surface area contributed by atoms with Crippen LogP contribution in [0.2, 0.25) is 0 Å². The van der Waals surface area contributed by atoms with Crippen LogP contribution in [0, 0.1) is 5.92 Å². The molecule has 0 bridgehead atoms. The molecule has 1 aliphatic heterocycles. The van der Waals surface area contributed by atoms with Crippen LogP contribution in [0.5, 0.6) is 0 Å². The molecule has 0 atom stereocenters. The molecular formula is C16H24N2OS. The lowest BCUT2D eigenvalue weighted by Crippen LogP contribution is -2.33. The minimum atomic E-state index is 0.372. The van der Waals surface area contributed by atoms with E-state index in [1.807, 2.05) is 0 Å². The van der Waals surface area contributed by atoms with Crippen LogP contribution in [0.1, 0.15) is 44.1 Å². The van der Waals surface area contributed by atoms with Crippen molar-refractivity contribution in [3.8, 4) is 0 Å². The van der Waals surface area contributed by atoms with E-state index >= 15 is 0 Å². The maximum atomic E-state index is 12.5. The number of thiophene rings is 1. The third-order valence-corrected chi connectivity index (χ3v) is 5.20. The van der Waals surface area contributed by atoms with Gasteiger partial charge in [0.2, 0.25) is 5.91 Å². The molecule has 2 aliphatic rings.